The molecule has 0 saturated carbocycles. The number of nitrogens with one attached hydrogen (secondary N) is 1. The summed E-state index contributed by atoms with van der Waals surface area (Å²) in [6.45, 7) is 3.66. The van der Waals surface area contributed by atoms with E-state index in [9.17, 15) is 0 Å². The third-order valence-electron chi connectivity index (χ3n) is 1.99. The van der Waals surface area contributed by atoms with Crippen LogP contribution in [0, 0.1) is 0 Å². The molecule has 2 N–H and O–H groups in total. The molecular formula is C10H9N3O. The number of rotatable bonds is 2. The molecule has 0 spiro atoms. The van der Waals surface area contributed by atoms with E-state index in [1.54, 1.807) is 18.3 Å². The van der Waals surface area contributed by atoms with Crippen molar-refractivity contribution in [2.24, 2.45) is 5.16 Å². The van der Waals surface area contributed by atoms with Gasteiger partial charge in [-0.2, -0.15) is 0 Å². The minimum absolute atomic E-state index is 0.797. The molecule has 2 heterocycles. The zero-order chi connectivity index (χ0) is 9.97. The lowest BCUT2D eigenvalue weighted by Crippen LogP contribution is -1.85. The van der Waals surface area contributed by atoms with Crippen LogP contribution >= 0.6 is 0 Å². The van der Waals surface area contributed by atoms with Gasteiger partial charge in [-0.15, -0.1) is 0 Å². The summed E-state index contributed by atoms with van der Waals surface area (Å²) in [5.41, 5.74) is 3.37. The second-order valence-corrected chi connectivity index (χ2v) is 2.83. The summed E-state index contributed by atoms with van der Waals surface area (Å²) in [5.74, 6) is 0. The quantitative estimate of drug-likeness (QED) is 0.429. The van der Waals surface area contributed by atoms with Gasteiger partial charge >= 0.3 is 0 Å². The number of hydrogen-bond donors (Lipinski definition) is 2. The van der Waals surface area contributed by atoms with Gasteiger partial charge in [0.15, 0.2) is 0 Å². The number of H-pyrrole nitrogens is 1. The normalized spacial score (nSPS) is 11.1. The lowest BCUT2D eigenvalue weighted by atomic mass is 10.2. The molecule has 0 radical (unpaired) electrons. The van der Waals surface area contributed by atoms with E-state index < -0.39 is 0 Å². The third kappa shape index (κ3) is 1.26. The maximum atomic E-state index is 8.46. The van der Waals surface area contributed by atoms with Crippen LogP contribution in [-0.2, 0) is 0 Å². The highest BCUT2D eigenvalue weighted by Gasteiger charge is 2.02. The van der Waals surface area contributed by atoms with Gasteiger partial charge in [0.1, 0.15) is 0 Å². The Hall–Kier alpha value is -2.10. The van der Waals surface area contributed by atoms with Gasteiger partial charge in [0.2, 0.25) is 0 Å². The molecular weight excluding hydrogens is 178 g/mol. The average Bonchev–Trinajstić information content (AvgIpc) is 2.62. The van der Waals surface area contributed by atoms with Crippen LogP contribution in [0.3, 0.4) is 0 Å². The molecule has 2 aromatic heterocycles. The van der Waals surface area contributed by atoms with Gasteiger partial charge in [0.25, 0.3) is 0 Å². The molecule has 0 amide bonds. The average molecular weight is 187 g/mol. The molecule has 0 bridgehead atoms. The van der Waals surface area contributed by atoms with Gasteiger partial charge in [-0.3, -0.25) is 4.98 Å². The Morgan fingerprint density at radius 3 is 3.14 bits per heavy atom. The summed E-state index contributed by atoms with van der Waals surface area (Å²) in [4.78, 5) is 7.29. The highest BCUT2D eigenvalue weighted by atomic mass is 16.4. The Labute approximate surface area is 80.6 Å². The van der Waals surface area contributed by atoms with E-state index in [0.29, 0.717) is 0 Å². The summed E-state index contributed by atoms with van der Waals surface area (Å²) >= 11 is 0. The van der Waals surface area contributed by atoms with Crippen molar-refractivity contribution in [2.75, 3.05) is 0 Å². The van der Waals surface area contributed by atoms with Crippen LogP contribution in [0.2, 0.25) is 0 Å². The Morgan fingerprint density at radius 2 is 2.43 bits per heavy atom. The standard InChI is InChI=1S/C10H9N3O/c1-2-8-5-9-10(13-8)7(6-12-14)3-4-11-9/h2-6,13-14H,1H2. The molecule has 0 aliphatic heterocycles. The highest BCUT2D eigenvalue weighted by Crippen LogP contribution is 2.16. The Balaban J connectivity index is 2.72. The van der Waals surface area contributed by atoms with Crippen LogP contribution in [0.1, 0.15) is 11.3 Å². The van der Waals surface area contributed by atoms with E-state index in [4.69, 9.17) is 5.21 Å². The van der Waals surface area contributed by atoms with E-state index in [1.807, 2.05) is 6.07 Å². The minimum Gasteiger partial charge on any atom is -0.411 e. The predicted octanol–water partition coefficient (Wildman–Crippen LogP) is 2.01. The van der Waals surface area contributed by atoms with Crippen molar-refractivity contribution >= 4 is 23.3 Å². The summed E-state index contributed by atoms with van der Waals surface area (Å²) in [5, 5.41) is 11.5. The number of aromatic amines is 1. The SMILES string of the molecule is C=Cc1cc2nccc(C=NO)c2[nH]1. The third-order valence-corrected chi connectivity index (χ3v) is 1.99. The van der Waals surface area contributed by atoms with Crippen molar-refractivity contribution in [3.63, 3.8) is 0 Å². The largest absolute Gasteiger partial charge is 0.411 e. The first kappa shape index (κ1) is 8.50. The van der Waals surface area contributed by atoms with Crippen LogP contribution in [0.4, 0.5) is 0 Å². The summed E-state index contributed by atoms with van der Waals surface area (Å²) in [6.07, 6.45) is 4.75. The van der Waals surface area contributed by atoms with E-state index in [0.717, 1.165) is 22.3 Å². The van der Waals surface area contributed by atoms with Crippen molar-refractivity contribution < 1.29 is 5.21 Å². The van der Waals surface area contributed by atoms with Gasteiger partial charge < -0.3 is 10.2 Å². The summed E-state index contributed by atoms with van der Waals surface area (Å²) in [6, 6.07) is 3.66. The van der Waals surface area contributed by atoms with Crippen molar-refractivity contribution in [3.8, 4) is 0 Å². The number of aromatic nitrogens is 2. The van der Waals surface area contributed by atoms with E-state index >= 15 is 0 Å². The fourth-order valence-electron chi connectivity index (χ4n) is 1.35. The first-order chi connectivity index (χ1) is 6.85. The molecule has 0 atom stereocenters. The van der Waals surface area contributed by atoms with Crippen LogP contribution in [0.15, 0.2) is 30.1 Å². The van der Waals surface area contributed by atoms with E-state index in [2.05, 4.69) is 21.7 Å². The minimum atomic E-state index is 0.797. The molecule has 4 nitrogen and oxygen atoms in total. The highest BCUT2D eigenvalue weighted by molar-refractivity contribution is 5.96. The fourth-order valence-corrected chi connectivity index (χ4v) is 1.35. The number of hydrogen-bond acceptors (Lipinski definition) is 3. The van der Waals surface area contributed by atoms with Crippen LogP contribution < -0.4 is 0 Å². The number of pyridine rings is 1. The van der Waals surface area contributed by atoms with Gasteiger partial charge in [-0.05, 0) is 18.2 Å². The Bertz CT molecular complexity index is 499. The summed E-state index contributed by atoms with van der Waals surface area (Å²) in [7, 11) is 0. The Morgan fingerprint density at radius 1 is 1.57 bits per heavy atom. The first-order valence-electron chi connectivity index (χ1n) is 4.12. The molecule has 14 heavy (non-hydrogen) atoms. The van der Waals surface area contributed by atoms with E-state index in [1.165, 1.54) is 6.21 Å². The molecule has 0 aliphatic carbocycles. The smallest absolute Gasteiger partial charge is 0.0891 e. The number of oxime groups is 1. The van der Waals surface area contributed by atoms with Gasteiger partial charge in [0, 0.05) is 17.5 Å². The molecule has 4 heteroatoms. The van der Waals surface area contributed by atoms with Gasteiger partial charge in [0.05, 0.1) is 17.2 Å². The topological polar surface area (TPSA) is 61.3 Å². The Kier molecular flexibility index (Phi) is 2.02. The maximum Gasteiger partial charge on any atom is 0.0891 e. The monoisotopic (exact) mass is 187 g/mol. The van der Waals surface area contributed by atoms with Crippen LogP contribution in [0.25, 0.3) is 17.1 Å². The van der Waals surface area contributed by atoms with Crippen molar-refractivity contribution in [3.05, 3.63) is 36.2 Å². The molecule has 0 aromatic carbocycles. The van der Waals surface area contributed by atoms with E-state index in [-0.39, 0.29) is 0 Å². The second-order valence-electron chi connectivity index (χ2n) is 2.83. The maximum absolute atomic E-state index is 8.46. The zero-order valence-electron chi connectivity index (χ0n) is 7.44. The molecule has 0 unspecified atom stereocenters. The van der Waals surface area contributed by atoms with Crippen molar-refractivity contribution in [1.82, 2.24) is 9.97 Å². The number of nitrogens with zero attached hydrogens (tertiary/aromatic N) is 2. The van der Waals surface area contributed by atoms with Gasteiger partial charge in [-0.1, -0.05) is 11.7 Å². The first-order valence-corrected chi connectivity index (χ1v) is 4.12. The molecule has 0 fully saturated rings. The predicted molar refractivity (Wildman–Crippen MR) is 55.6 cm³/mol. The lowest BCUT2D eigenvalue weighted by molar-refractivity contribution is 0.322. The fraction of sp³-hybridized carbons (Fsp3) is 0. The van der Waals surface area contributed by atoms with Crippen molar-refractivity contribution in [2.45, 2.75) is 0 Å². The zero-order valence-corrected chi connectivity index (χ0v) is 7.44. The van der Waals surface area contributed by atoms with Crippen LogP contribution in [-0.4, -0.2) is 21.4 Å². The molecule has 2 rings (SSSR count). The van der Waals surface area contributed by atoms with Crippen molar-refractivity contribution in [1.29, 1.82) is 0 Å². The number of fused-ring (bicyclic) bond motifs is 1. The van der Waals surface area contributed by atoms with Crippen LogP contribution in [0.5, 0.6) is 0 Å². The van der Waals surface area contributed by atoms with Gasteiger partial charge in [-0.25, -0.2) is 0 Å². The molecule has 2 aromatic rings. The molecule has 0 saturated heterocycles. The lowest BCUT2D eigenvalue weighted by Gasteiger charge is -1.93. The summed E-state index contributed by atoms with van der Waals surface area (Å²) < 4.78 is 0. The molecule has 0 aliphatic rings. The molecule has 70 valence electrons. The second kappa shape index (κ2) is 3.33.